The summed E-state index contributed by atoms with van der Waals surface area (Å²) in [6.45, 7) is 0.561. The van der Waals surface area contributed by atoms with Crippen LogP contribution in [-0.2, 0) is 4.74 Å². The van der Waals surface area contributed by atoms with Crippen LogP contribution in [0, 0.1) is 15.5 Å². The number of esters is 1. The van der Waals surface area contributed by atoms with Crippen LogP contribution in [0.15, 0.2) is 12.1 Å². The largest absolute Gasteiger partial charge is 0.464 e. The summed E-state index contributed by atoms with van der Waals surface area (Å²) in [6, 6.07) is 2.49. The summed E-state index contributed by atoms with van der Waals surface area (Å²) in [7, 11) is 1.22. The molecule has 0 bridgehead atoms. The lowest BCUT2D eigenvalue weighted by Crippen LogP contribution is -2.19. The Bertz CT molecular complexity index is 557. The first-order valence-corrected chi connectivity index (χ1v) is 6.60. The quantitative estimate of drug-likeness (QED) is 0.443. The minimum atomic E-state index is -0.649. The molecule has 2 rings (SSSR count). The summed E-state index contributed by atoms with van der Waals surface area (Å²) in [6.07, 6.45) is 2.57. The Morgan fingerprint density at radius 1 is 1.57 bits per heavy atom. The number of hydrogen-bond acceptors (Lipinski definition) is 7. The molecule has 1 aliphatic rings. The van der Waals surface area contributed by atoms with Crippen molar-refractivity contribution in [2.24, 2.45) is 5.41 Å². The van der Waals surface area contributed by atoms with Gasteiger partial charge >= 0.3 is 11.7 Å². The van der Waals surface area contributed by atoms with Crippen molar-refractivity contribution >= 4 is 17.5 Å². The third-order valence-corrected chi connectivity index (χ3v) is 3.70. The van der Waals surface area contributed by atoms with E-state index in [1.165, 1.54) is 19.2 Å². The van der Waals surface area contributed by atoms with Gasteiger partial charge in [0, 0.05) is 19.2 Å². The second-order valence-electron chi connectivity index (χ2n) is 5.14. The highest BCUT2D eigenvalue weighted by molar-refractivity contribution is 5.88. The molecule has 8 heteroatoms. The van der Waals surface area contributed by atoms with E-state index in [1.54, 1.807) is 0 Å². The molecule has 2 N–H and O–H groups in total. The molecular formula is C13H17N3O5. The van der Waals surface area contributed by atoms with Gasteiger partial charge in [0.05, 0.1) is 12.0 Å². The molecule has 0 aromatic carbocycles. The number of hydrogen-bond donors (Lipinski definition) is 2. The Morgan fingerprint density at radius 3 is 2.81 bits per heavy atom. The number of nitrogens with one attached hydrogen (secondary N) is 1. The van der Waals surface area contributed by atoms with Gasteiger partial charge in [-0.1, -0.05) is 0 Å². The lowest BCUT2D eigenvalue weighted by molar-refractivity contribution is -0.384. The van der Waals surface area contributed by atoms with E-state index in [2.05, 4.69) is 15.0 Å². The summed E-state index contributed by atoms with van der Waals surface area (Å²) >= 11 is 0. The maximum absolute atomic E-state index is 11.4. The fourth-order valence-corrected chi connectivity index (χ4v) is 2.15. The zero-order valence-corrected chi connectivity index (χ0v) is 11.7. The van der Waals surface area contributed by atoms with E-state index < -0.39 is 10.9 Å². The molecule has 1 aliphatic carbocycles. The van der Waals surface area contributed by atoms with Crippen molar-refractivity contribution in [3.05, 3.63) is 27.9 Å². The molecule has 1 aromatic heterocycles. The van der Waals surface area contributed by atoms with Gasteiger partial charge in [0.15, 0.2) is 5.69 Å². The topological polar surface area (TPSA) is 115 Å². The van der Waals surface area contributed by atoms with E-state index in [-0.39, 0.29) is 29.2 Å². The van der Waals surface area contributed by atoms with E-state index in [1.807, 2.05) is 0 Å². The van der Waals surface area contributed by atoms with Gasteiger partial charge in [0.1, 0.15) is 0 Å². The first kappa shape index (κ1) is 15.2. The molecule has 21 heavy (non-hydrogen) atoms. The van der Waals surface area contributed by atoms with Gasteiger partial charge < -0.3 is 15.2 Å². The first-order chi connectivity index (χ1) is 10.0. The summed E-state index contributed by atoms with van der Waals surface area (Å²) in [4.78, 5) is 25.9. The Hall–Kier alpha value is -2.22. The monoisotopic (exact) mass is 295 g/mol. The van der Waals surface area contributed by atoms with Crippen LogP contribution in [0.25, 0.3) is 0 Å². The lowest BCUT2D eigenvalue weighted by atomic mass is 10.0. The predicted molar refractivity (Wildman–Crippen MR) is 74.1 cm³/mol. The van der Waals surface area contributed by atoms with Crippen LogP contribution in [-0.4, -0.2) is 41.2 Å². The van der Waals surface area contributed by atoms with E-state index in [9.17, 15) is 14.9 Å². The van der Waals surface area contributed by atoms with Gasteiger partial charge in [-0.25, -0.2) is 9.78 Å². The average molecular weight is 295 g/mol. The Labute approximate surface area is 121 Å². The highest BCUT2D eigenvalue weighted by Crippen LogP contribution is 2.48. The summed E-state index contributed by atoms with van der Waals surface area (Å²) in [5.74, 6) is -0.600. The third-order valence-electron chi connectivity index (χ3n) is 3.70. The molecule has 0 atom stereocenters. The molecule has 114 valence electrons. The molecule has 0 spiro atoms. The van der Waals surface area contributed by atoms with Crippen LogP contribution in [0.1, 0.15) is 29.8 Å². The van der Waals surface area contributed by atoms with Crippen molar-refractivity contribution in [3.8, 4) is 0 Å². The van der Waals surface area contributed by atoms with Crippen molar-refractivity contribution in [1.82, 2.24) is 4.98 Å². The minimum absolute atomic E-state index is 0.0117. The average Bonchev–Trinajstić information content (AvgIpc) is 3.24. The van der Waals surface area contributed by atoms with Crippen LogP contribution in [0.4, 0.5) is 11.5 Å². The van der Waals surface area contributed by atoms with Gasteiger partial charge in [-0.05, 0) is 30.7 Å². The number of nitro groups is 1. The van der Waals surface area contributed by atoms with Crippen LogP contribution < -0.4 is 5.32 Å². The fraction of sp³-hybridized carbons (Fsp3) is 0.538. The summed E-state index contributed by atoms with van der Waals surface area (Å²) < 4.78 is 4.56. The molecular weight excluding hydrogens is 278 g/mol. The van der Waals surface area contributed by atoms with Crippen molar-refractivity contribution in [3.63, 3.8) is 0 Å². The highest BCUT2D eigenvalue weighted by Gasteiger charge is 2.42. The fourth-order valence-electron chi connectivity index (χ4n) is 2.15. The molecule has 1 saturated carbocycles. The maximum Gasteiger partial charge on any atom is 0.356 e. The number of aromatic nitrogens is 1. The number of rotatable bonds is 7. The number of carbonyl (C=O) groups excluding carboxylic acids is 1. The number of carbonyl (C=O) groups is 1. The zero-order chi connectivity index (χ0) is 15.5. The predicted octanol–water partition coefficient (Wildman–Crippen LogP) is 1.35. The number of aliphatic hydroxyl groups excluding tert-OH is 1. The number of ether oxygens (including phenoxy) is 1. The number of pyridine rings is 1. The number of anilines is 1. The van der Waals surface area contributed by atoms with Gasteiger partial charge in [0.25, 0.3) is 0 Å². The van der Waals surface area contributed by atoms with E-state index in [4.69, 9.17) is 5.11 Å². The second kappa shape index (κ2) is 6.04. The van der Waals surface area contributed by atoms with Crippen LogP contribution >= 0.6 is 0 Å². The van der Waals surface area contributed by atoms with Gasteiger partial charge in [-0.3, -0.25) is 10.1 Å². The molecule has 1 aromatic rings. The molecule has 1 fully saturated rings. The maximum atomic E-state index is 11.4. The first-order valence-electron chi connectivity index (χ1n) is 6.60. The summed E-state index contributed by atoms with van der Waals surface area (Å²) in [5, 5.41) is 23.0. The summed E-state index contributed by atoms with van der Waals surface area (Å²) in [5.41, 5.74) is -0.203. The standard InChI is InChI=1S/C13H17N3O5/c1-21-12(18)9-2-3-10(16(19)20)11(15-9)14-8-13(4-5-13)6-7-17/h2-3,17H,4-8H2,1H3,(H,14,15). The van der Waals surface area contributed by atoms with Gasteiger partial charge in [-0.2, -0.15) is 0 Å². The minimum Gasteiger partial charge on any atom is -0.464 e. The SMILES string of the molecule is COC(=O)c1ccc([N+](=O)[O-])c(NCC2(CCO)CC2)n1. The number of aliphatic hydroxyl groups is 1. The van der Waals surface area contributed by atoms with Crippen molar-refractivity contribution in [1.29, 1.82) is 0 Å². The van der Waals surface area contributed by atoms with E-state index >= 15 is 0 Å². The molecule has 0 unspecified atom stereocenters. The second-order valence-corrected chi connectivity index (χ2v) is 5.14. The molecule has 0 radical (unpaired) electrons. The third kappa shape index (κ3) is 3.46. The van der Waals surface area contributed by atoms with Crippen LogP contribution in [0.3, 0.4) is 0 Å². The van der Waals surface area contributed by atoms with Crippen LogP contribution in [0.2, 0.25) is 0 Å². The normalized spacial score (nSPS) is 15.3. The van der Waals surface area contributed by atoms with Crippen molar-refractivity contribution in [2.45, 2.75) is 19.3 Å². The molecule has 0 amide bonds. The lowest BCUT2D eigenvalue weighted by Gasteiger charge is -2.15. The Balaban J connectivity index is 2.18. The van der Waals surface area contributed by atoms with Crippen molar-refractivity contribution < 1.29 is 19.6 Å². The zero-order valence-electron chi connectivity index (χ0n) is 11.7. The van der Waals surface area contributed by atoms with E-state index in [0.29, 0.717) is 13.0 Å². The Kier molecular flexibility index (Phi) is 4.37. The van der Waals surface area contributed by atoms with Crippen LogP contribution in [0.5, 0.6) is 0 Å². The van der Waals surface area contributed by atoms with Gasteiger partial charge in [0.2, 0.25) is 5.82 Å². The molecule has 0 saturated heterocycles. The smallest absolute Gasteiger partial charge is 0.356 e. The number of nitrogens with zero attached hydrogens (tertiary/aromatic N) is 2. The molecule has 0 aliphatic heterocycles. The van der Waals surface area contributed by atoms with Gasteiger partial charge in [-0.15, -0.1) is 0 Å². The molecule has 8 nitrogen and oxygen atoms in total. The van der Waals surface area contributed by atoms with E-state index in [0.717, 1.165) is 12.8 Å². The highest BCUT2D eigenvalue weighted by atomic mass is 16.6. The molecule has 1 heterocycles. The van der Waals surface area contributed by atoms with Crippen molar-refractivity contribution in [2.75, 3.05) is 25.6 Å². The number of methoxy groups -OCH3 is 1. The Morgan fingerprint density at radius 2 is 2.29 bits per heavy atom.